The molecule has 0 unspecified atom stereocenters. The third kappa shape index (κ3) is 2.54. The van der Waals surface area contributed by atoms with Crippen molar-refractivity contribution in [2.24, 2.45) is 0 Å². The van der Waals surface area contributed by atoms with Crippen molar-refractivity contribution < 1.29 is 23.9 Å². The summed E-state index contributed by atoms with van der Waals surface area (Å²) in [6, 6.07) is -0.912. The van der Waals surface area contributed by atoms with Crippen LogP contribution < -0.4 is 5.32 Å². The molecule has 2 amide bonds. The molecule has 0 aromatic carbocycles. The molecule has 19 heavy (non-hydrogen) atoms. The van der Waals surface area contributed by atoms with E-state index in [1.165, 1.54) is 18.9 Å². The maximum absolute atomic E-state index is 11.9. The van der Waals surface area contributed by atoms with E-state index in [1.54, 1.807) is 0 Å². The molecule has 2 rings (SSSR count). The third-order valence-electron chi connectivity index (χ3n) is 3.18. The lowest BCUT2D eigenvalue weighted by molar-refractivity contribution is -0.143. The molecular formula is C12H16N2O5. The number of hydrogen-bond acceptors (Lipinski definition) is 5. The number of hydrogen-bond donors (Lipinski definition) is 1. The first-order valence-electron chi connectivity index (χ1n) is 6.07. The predicted molar refractivity (Wildman–Crippen MR) is 63.9 cm³/mol. The molecule has 7 heteroatoms. The van der Waals surface area contributed by atoms with Crippen LogP contribution in [0.4, 0.5) is 4.79 Å². The third-order valence-corrected chi connectivity index (χ3v) is 3.18. The summed E-state index contributed by atoms with van der Waals surface area (Å²) < 4.78 is 9.64. The smallest absolute Gasteiger partial charge is 0.337 e. The number of nitrogens with one attached hydrogen (secondary N) is 1. The van der Waals surface area contributed by atoms with Crippen LogP contribution in [-0.2, 0) is 19.1 Å². The van der Waals surface area contributed by atoms with Crippen LogP contribution in [0, 0.1) is 0 Å². The van der Waals surface area contributed by atoms with Crippen LogP contribution in [0.5, 0.6) is 0 Å². The number of carbonyl (C=O) groups is 3. The van der Waals surface area contributed by atoms with E-state index in [9.17, 15) is 14.4 Å². The van der Waals surface area contributed by atoms with Gasteiger partial charge >= 0.3 is 18.0 Å². The number of nitrogens with zero attached hydrogens (tertiary/aromatic N) is 1. The van der Waals surface area contributed by atoms with Crippen LogP contribution >= 0.6 is 0 Å². The number of carbonyl (C=O) groups excluding carboxylic acids is 3. The van der Waals surface area contributed by atoms with Gasteiger partial charge in [0.2, 0.25) is 0 Å². The van der Waals surface area contributed by atoms with E-state index in [2.05, 4.69) is 5.32 Å². The zero-order valence-corrected chi connectivity index (χ0v) is 10.9. The Labute approximate surface area is 110 Å². The quantitative estimate of drug-likeness (QED) is 0.737. The van der Waals surface area contributed by atoms with Crippen molar-refractivity contribution in [3.63, 3.8) is 0 Å². The van der Waals surface area contributed by atoms with Gasteiger partial charge in [-0.2, -0.15) is 0 Å². The minimum atomic E-state index is -0.645. The van der Waals surface area contributed by atoms with E-state index in [1.807, 2.05) is 0 Å². The van der Waals surface area contributed by atoms with Crippen LogP contribution in [0.2, 0.25) is 0 Å². The number of urea groups is 1. The Morgan fingerprint density at radius 2 is 2.21 bits per heavy atom. The summed E-state index contributed by atoms with van der Waals surface area (Å²) >= 11 is 0. The molecule has 1 saturated heterocycles. The second-order valence-electron chi connectivity index (χ2n) is 4.41. The normalized spacial score (nSPS) is 21.9. The van der Waals surface area contributed by atoms with Gasteiger partial charge in [-0.25, -0.2) is 9.59 Å². The van der Waals surface area contributed by atoms with Gasteiger partial charge in [-0.05, 0) is 12.8 Å². The van der Waals surface area contributed by atoms with Crippen LogP contribution in [0.3, 0.4) is 0 Å². The van der Waals surface area contributed by atoms with Crippen molar-refractivity contribution in [2.75, 3.05) is 20.3 Å². The number of methoxy groups -OCH3 is 1. The summed E-state index contributed by atoms with van der Waals surface area (Å²) in [5, 5.41) is 2.66. The molecule has 2 aliphatic rings. The van der Waals surface area contributed by atoms with Crippen molar-refractivity contribution in [1.82, 2.24) is 10.2 Å². The highest BCUT2D eigenvalue weighted by molar-refractivity contribution is 5.95. The molecule has 0 aromatic rings. The number of allylic oxidation sites excluding steroid dienone is 1. The van der Waals surface area contributed by atoms with Crippen molar-refractivity contribution in [3.8, 4) is 0 Å². The highest BCUT2D eigenvalue weighted by Crippen LogP contribution is 2.30. The summed E-state index contributed by atoms with van der Waals surface area (Å²) in [5.74, 6) is -0.962. The molecule has 0 bridgehead atoms. The lowest BCUT2D eigenvalue weighted by Crippen LogP contribution is -2.52. The van der Waals surface area contributed by atoms with Crippen molar-refractivity contribution in [1.29, 1.82) is 0 Å². The van der Waals surface area contributed by atoms with Crippen LogP contribution in [0.1, 0.15) is 19.8 Å². The average Bonchev–Trinajstić information content (AvgIpc) is 2.85. The van der Waals surface area contributed by atoms with Crippen LogP contribution in [-0.4, -0.2) is 49.2 Å². The highest BCUT2D eigenvalue weighted by Gasteiger charge is 2.39. The topological polar surface area (TPSA) is 84.9 Å². The molecule has 0 spiro atoms. The first-order chi connectivity index (χ1) is 9.04. The van der Waals surface area contributed by atoms with E-state index >= 15 is 0 Å². The first kappa shape index (κ1) is 13.4. The fourth-order valence-corrected chi connectivity index (χ4v) is 2.37. The molecule has 0 radical (unpaired) electrons. The van der Waals surface area contributed by atoms with E-state index in [4.69, 9.17) is 9.47 Å². The second-order valence-corrected chi connectivity index (χ2v) is 4.41. The molecule has 2 heterocycles. The van der Waals surface area contributed by atoms with Crippen molar-refractivity contribution in [3.05, 3.63) is 11.3 Å². The minimum Gasteiger partial charge on any atom is -0.466 e. The second kappa shape index (κ2) is 5.29. The number of rotatable bonds is 3. The number of ether oxygens (including phenoxy) is 2. The fraction of sp³-hybridized carbons (Fsp3) is 0.583. The summed E-state index contributed by atoms with van der Waals surface area (Å²) in [4.78, 5) is 36.2. The Morgan fingerprint density at radius 1 is 1.47 bits per heavy atom. The zero-order valence-electron chi connectivity index (χ0n) is 10.9. The Bertz CT molecular complexity index is 457. The SMILES string of the molecule is COC(=O)C1=C2CCCN2C(=O)N[C@@H]1COC(C)=O. The molecule has 104 valence electrons. The summed E-state index contributed by atoms with van der Waals surface area (Å²) in [5.41, 5.74) is 1.05. The Kier molecular flexibility index (Phi) is 3.73. The minimum absolute atomic E-state index is 0.0666. The zero-order chi connectivity index (χ0) is 14.0. The van der Waals surface area contributed by atoms with E-state index < -0.39 is 18.0 Å². The molecular weight excluding hydrogens is 252 g/mol. The summed E-state index contributed by atoms with van der Waals surface area (Å²) in [6.45, 7) is 1.79. The number of amides is 2. The molecule has 1 N–H and O–H groups in total. The predicted octanol–water partition coefficient (Wildman–Crippen LogP) is 0.164. The van der Waals surface area contributed by atoms with Gasteiger partial charge < -0.3 is 14.8 Å². The van der Waals surface area contributed by atoms with Gasteiger partial charge in [-0.15, -0.1) is 0 Å². The largest absolute Gasteiger partial charge is 0.466 e. The lowest BCUT2D eigenvalue weighted by Gasteiger charge is -2.32. The van der Waals surface area contributed by atoms with Gasteiger partial charge in [-0.3, -0.25) is 9.69 Å². The first-order valence-corrected chi connectivity index (χ1v) is 6.07. The maximum atomic E-state index is 11.9. The average molecular weight is 268 g/mol. The molecule has 0 saturated carbocycles. The molecule has 1 fully saturated rings. The molecule has 1 atom stereocenters. The Morgan fingerprint density at radius 3 is 2.84 bits per heavy atom. The van der Waals surface area contributed by atoms with Crippen LogP contribution in [0.15, 0.2) is 11.3 Å². The number of fused-ring (bicyclic) bond motifs is 1. The summed E-state index contributed by atoms with van der Waals surface area (Å²) in [6.07, 6.45) is 1.46. The molecule has 2 aliphatic heterocycles. The summed E-state index contributed by atoms with van der Waals surface area (Å²) in [7, 11) is 1.29. The lowest BCUT2D eigenvalue weighted by atomic mass is 10.0. The standard InChI is InChI=1S/C12H16N2O5/c1-7(15)19-6-8-10(11(16)18-2)9-4-3-5-14(9)12(17)13-8/h8H,3-6H2,1-2H3,(H,13,17)/t8-/m1/s1. The van der Waals surface area contributed by atoms with Gasteiger partial charge in [0.1, 0.15) is 6.61 Å². The number of esters is 2. The van der Waals surface area contributed by atoms with Gasteiger partial charge in [0, 0.05) is 19.2 Å². The Balaban J connectivity index is 2.30. The van der Waals surface area contributed by atoms with E-state index in [0.717, 1.165) is 6.42 Å². The van der Waals surface area contributed by atoms with Crippen molar-refractivity contribution in [2.45, 2.75) is 25.8 Å². The van der Waals surface area contributed by atoms with E-state index in [0.29, 0.717) is 24.2 Å². The molecule has 0 aromatic heterocycles. The van der Waals surface area contributed by atoms with E-state index in [-0.39, 0.29) is 12.6 Å². The van der Waals surface area contributed by atoms with Crippen molar-refractivity contribution >= 4 is 18.0 Å². The van der Waals surface area contributed by atoms with Crippen LogP contribution in [0.25, 0.3) is 0 Å². The van der Waals surface area contributed by atoms with Gasteiger partial charge in [0.15, 0.2) is 0 Å². The molecule has 7 nitrogen and oxygen atoms in total. The van der Waals surface area contributed by atoms with Gasteiger partial charge in [0.05, 0.1) is 18.7 Å². The highest BCUT2D eigenvalue weighted by atomic mass is 16.5. The molecule has 0 aliphatic carbocycles. The fourth-order valence-electron chi connectivity index (χ4n) is 2.37. The Hall–Kier alpha value is -2.05. The van der Waals surface area contributed by atoms with Gasteiger partial charge in [-0.1, -0.05) is 0 Å². The van der Waals surface area contributed by atoms with Gasteiger partial charge in [0.25, 0.3) is 0 Å². The monoisotopic (exact) mass is 268 g/mol. The maximum Gasteiger partial charge on any atom is 0.337 e.